The highest BCUT2D eigenvalue weighted by Gasteiger charge is 2.25. The number of fused-ring (bicyclic) bond motifs is 1. The van der Waals surface area contributed by atoms with Gasteiger partial charge in [-0.1, -0.05) is 0 Å². The lowest BCUT2D eigenvalue weighted by Gasteiger charge is -2.22. The molecule has 1 saturated heterocycles. The fourth-order valence-electron chi connectivity index (χ4n) is 2.99. The lowest BCUT2D eigenvalue weighted by molar-refractivity contribution is 0.435. The molecule has 3 heteroatoms. The lowest BCUT2D eigenvalue weighted by Crippen LogP contribution is -2.28. The van der Waals surface area contributed by atoms with Gasteiger partial charge in [-0.05, 0) is 45.2 Å². The van der Waals surface area contributed by atoms with Crippen LogP contribution >= 0.6 is 0 Å². The van der Waals surface area contributed by atoms with Crippen LogP contribution in [0.2, 0.25) is 0 Å². The number of imidazole rings is 1. The molecule has 0 spiro atoms. The second kappa shape index (κ2) is 3.63. The third-order valence-electron chi connectivity index (χ3n) is 3.86. The maximum Gasteiger partial charge on any atom is 0.112 e. The summed E-state index contributed by atoms with van der Waals surface area (Å²) in [7, 11) is 2.20. The highest BCUT2D eigenvalue weighted by Crippen LogP contribution is 2.29. The van der Waals surface area contributed by atoms with Crippen molar-refractivity contribution in [3.8, 4) is 0 Å². The van der Waals surface area contributed by atoms with E-state index in [1.807, 2.05) is 0 Å². The molecule has 3 nitrogen and oxygen atoms in total. The van der Waals surface area contributed by atoms with Crippen LogP contribution in [0.1, 0.15) is 42.4 Å². The summed E-state index contributed by atoms with van der Waals surface area (Å²) in [6, 6.07) is 0. The quantitative estimate of drug-likeness (QED) is 0.750. The van der Waals surface area contributed by atoms with Gasteiger partial charge in [0, 0.05) is 18.7 Å². The summed E-state index contributed by atoms with van der Waals surface area (Å²) in [6.45, 7) is 2.31. The number of aryl methyl sites for hydroxylation is 1. The van der Waals surface area contributed by atoms with Crippen LogP contribution in [0.25, 0.3) is 0 Å². The van der Waals surface area contributed by atoms with Crippen molar-refractivity contribution < 1.29 is 0 Å². The van der Waals surface area contributed by atoms with Crippen molar-refractivity contribution in [2.24, 2.45) is 7.05 Å². The molecule has 82 valence electrons. The maximum atomic E-state index is 4.85. The van der Waals surface area contributed by atoms with Crippen molar-refractivity contribution in [3.63, 3.8) is 0 Å². The van der Waals surface area contributed by atoms with Gasteiger partial charge in [-0.3, -0.25) is 0 Å². The molecule has 15 heavy (non-hydrogen) atoms. The first kappa shape index (κ1) is 9.40. The molecule has 3 rings (SSSR count). The molecule has 1 aliphatic heterocycles. The van der Waals surface area contributed by atoms with Gasteiger partial charge in [0.1, 0.15) is 5.82 Å². The zero-order valence-corrected chi connectivity index (χ0v) is 9.42. The molecule has 0 saturated carbocycles. The predicted molar refractivity (Wildman–Crippen MR) is 60.1 cm³/mol. The molecule has 2 aliphatic rings. The van der Waals surface area contributed by atoms with Crippen LogP contribution in [0.15, 0.2) is 0 Å². The molecule has 0 radical (unpaired) electrons. The van der Waals surface area contributed by atoms with Gasteiger partial charge in [0.2, 0.25) is 0 Å². The van der Waals surface area contributed by atoms with Crippen molar-refractivity contribution in [1.29, 1.82) is 0 Å². The maximum absolute atomic E-state index is 4.85. The van der Waals surface area contributed by atoms with Gasteiger partial charge in [-0.25, -0.2) is 4.98 Å². The number of piperidine rings is 1. The Morgan fingerprint density at radius 1 is 1.27 bits per heavy atom. The van der Waals surface area contributed by atoms with E-state index in [9.17, 15) is 0 Å². The van der Waals surface area contributed by atoms with E-state index in [2.05, 4.69) is 16.9 Å². The van der Waals surface area contributed by atoms with Crippen molar-refractivity contribution in [2.45, 2.75) is 38.0 Å². The van der Waals surface area contributed by atoms with E-state index in [-0.39, 0.29) is 0 Å². The van der Waals surface area contributed by atoms with Crippen LogP contribution in [0.5, 0.6) is 0 Å². The Balaban J connectivity index is 1.91. The first-order valence-electron chi connectivity index (χ1n) is 6.11. The van der Waals surface area contributed by atoms with Gasteiger partial charge < -0.3 is 9.88 Å². The van der Waals surface area contributed by atoms with Crippen LogP contribution in [0.3, 0.4) is 0 Å². The zero-order chi connectivity index (χ0) is 10.3. The van der Waals surface area contributed by atoms with E-state index >= 15 is 0 Å². The lowest BCUT2D eigenvalue weighted by atomic mass is 9.97. The first-order valence-corrected chi connectivity index (χ1v) is 6.11. The number of nitrogens with zero attached hydrogens (tertiary/aromatic N) is 2. The molecule has 1 fully saturated rings. The van der Waals surface area contributed by atoms with Crippen LogP contribution in [0.4, 0.5) is 0 Å². The molecule has 1 aromatic heterocycles. The molecule has 1 N–H and O–H groups in total. The summed E-state index contributed by atoms with van der Waals surface area (Å²) in [5, 5.41) is 3.42. The van der Waals surface area contributed by atoms with E-state index in [0.29, 0.717) is 5.92 Å². The molecule has 2 heterocycles. The first-order chi connectivity index (χ1) is 7.36. The molecule has 0 atom stereocenters. The van der Waals surface area contributed by atoms with Gasteiger partial charge in [0.05, 0.1) is 5.69 Å². The Bertz CT molecular complexity index is 361. The van der Waals surface area contributed by atoms with Gasteiger partial charge in [0.25, 0.3) is 0 Å². The summed E-state index contributed by atoms with van der Waals surface area (Å²) < 4.78 is 2.37. The van der Waals surface area contributed by atoms with E-state index in [4.69, 9.17) is 4.98 Å². The molecule has 1 aromatic rings. The summed E-state index contributed by atoms with van der Waals surface area (Å²) in [6.07, 6.45) is 6.25. The molecule has 0 aromatic carbocycles. The van der Waals surface area contributed by atoms with E-state index < -0.39 is 0 Å². The van der Waals surface area contributed by atoms with Crippen LogP contribution in [0, 0.1) is 0 Å². The smallest absolute Gasteiger partial charge is 0.112 e. The molecule has 1 aliphatic carbocycles. The number of nitrogens with one attached hydrogen (secondary N) is 1. The highest BCUT2D eigenvalue weighted by molar-refractivity contribution is 5.23. The Labute approximate surface area is 90.9 Å². The topological polar surface area (TPSA) is 29.9 Å². The molecule has 0 bridgehead atoms. The van der Waals surface area contributed by atoms with Gasteiger partial charge in [-0.2, -0.15) is 0 Å². The van der Waals surface area contributed by atoms with Crippen LogP contribution in [-0.4, -0.2) is 22.6 Å². The molecular formula is C12H19N3. The fraction of sp³-hybridized carbons (Fsp3) is 0.750. The van der Waals surface area contributed by atoms with Crippen molar-refractivity contribution >= 4 is 0 Å². The van der Waals surface area contributed by atoms with Crippen molar-refractivity contribution in [2.75, 3.05) is 13.1 Å². The average Bonchev–Trinajstić information content (AvgIpc) is 2.83. The van der Waals surface area contributed by atoms with Crippen molar-refractivity contribution in [1.82, 2.24) is 14.9 Å². The number of rotatable bonds is 1. The monoisotopic (exact) mass is 205 g/mol. The second-order valence-corrected chi connectivity index (χ2v) is 4.80. The third-order valence-corrected chi connectivity index (χ3v) is 3.86. The van der Waals surface area contributed by atoms with Crippen LogP contribution < -0.4 is 5.32 Å². The number of aromatic nitrogens is 2. The van der Waals surface area contributed by atoms with Crippen molar-refractivity contribution in [3.05, 3.63) is 17.2 Å². The Hall–Kier alpha value is -0.830. The minimum atomic E-state index is 0.696. The Kier molecular flexibility index (Phi) is 2.28. The van der Waals surface area contributed by atoms with Gasteiger partial charge in [0.15, 0.2) is 0 Å². The molecule has 0 amide bonds. The van der Waals surface area contributed by atoms with Gasteiger partial charge >= 0.3 is 0 Å². The second-order valence-electron chi connectivity index (χ2n) is 4.80. The number of hydrogen-bond acceptors (Lipinski definition) is 2. The standard InChI is InChI=1S/C12H19N3/c1-15-11-4-2-3-10(11)14-12(15)9-5-7-13-8-6-9/h9,13H,2-8H2,1H3. The largest absolute Gasteiger partial charge is 0.335 e. The summed E-state index contributed by atoms with van der Waals surface area (Å²) in [5.41, 5.74) is 2.88. The average molecular weight is 205 g/mol. The normalized spacial score (nSPS) is 21.9. The Morgan fingerprint density at radius 3 is 2.80 bits per heavy atom. The SMILES string of the molecule is Cn1c(C2CCNCC2)nc2c1CCC2. The highest BCUT2D eigenvalue weighted by atomic mass is 15.1. The zero-order valence-electron chi connectivity index (χ0n) is 9.42. The van der Waals surface area contributed by atoms with E-state index in [1.54, 1.807) is 0 Å². The predicted octanol–water partition coefficient (Wildman–Crippen LogP) is 1.38. The minimum Gasteiger partial charge on any atom is -0.335 e. The minimum absolute atomic E-state index is 0.696. The molecule has 0 unspecified atom stereocenters. The van der Waals surface area contributed by atoms with Crippen LogP contribution in [-0.2, 0) is 19.9 Å². The Morgan fingerprint density at radius 2 is 2.07 bits per heavy atom. The van der Waals surface area contributed by atoms with Gasteiger partial charge in [-0.15, -0.1) is 0 Å². The van der Waals surface area contributed by atoms with E-state index in [0.717, 1.165) is 13.1 Å². The summed E-state index contributed by atoms with van der Waals surface area (Å²) in [4.78, 5) is 4.85. The summed E-state index contributed by atoms with van der Waals surface area (Å²) >= 11 is 0. The fourth-order valence-corrected chi connectivity index (χ4v) is 2.99. The number of hydrogen-bond donors (Lipinski definition) is 1. The molecular weight excluding hydrogens is 186 g/mol. The third kappa shape index (κ3) is 1.49. The summed E-state index contributed by atoms with van der Waals surface area (Å²) in [5.74, 6) is 2.04. The van der Waals surface area contributed by atoms with E-state index in [1.165, 1.54) is 49.3 Å².